The molecule has 0 spiro atoms. The van der Waals surface area contributed by atoms with Crippen molar-refractivity contribution in [3.63, 3.8) is 0 Å². The van der Waals surface area contributed by atoms with Crippen LogP contribution < -0.4 is 0 Å². The molecule has 0 heterocycles. The first-order valence-corrected chi connectivity index (χ1v) is 0.781. The molecule has 1 radical (unpaired) electrons. The molecule has 0 aromatic carbocycles. The fourth-order valence-electron chi connectivity index (χ4n) is 0. The third-order valence-electron chi connectivity index (χ3n) is 0. The van der Waals surface area contributed by atoms with E-state index in [1.54, 1.807) is 0 Å². The Kier molecular flexibility index (Phi) is 9.25. The molecule has 0 aromatic heterocycles. The zero-order valence-electron chi connectivity index (χ0n) is 2.06. The minimum absolute atomic E-state index is 0. The van der Waals surface area contributed by atoms with Crippen molar-refractivity contribution in [2.24, 2.45) is 0 Å². The minimum atomic E-state index is -1.08. The molecule has 0 fully saturated rings. The van der Waals surface area contributed by atoms with E-state index in [0.717, 1.165) is 0 Å². The average Bonchev–Trinajstić information content (AvgIpc) is 0.811. The van der Waals surface area contributed by atoms with Gasteiger partial charge in [-0.05, 0) is 0 Å². The third-order valence-corrected chi connectivity index (χ3v) is 0. The van der Waals surface area contributed by atoms with Gasteiger partial charge in [0, 0.05) is 0 Å². The first kappa shape index (κ1) is 9.34. The van der Waals surface area contributed by atoms with Crippen LogP contribution in [0.5, 0.6) is 0 Å². The zero-order chi connectivity index (χ0) is 3.58. The van der Waals surface area contributed by atoms with Crippen LogP contribution >= 0.6 is 0 Å². The summed E-state index contributed by atoms with van der Waals surface area (Å²) in [6.07, 6.45) is 0. The number of carbonyl (C=O) groups is 1. The van der Waals surface area contributed by atoms with Crippen molar-refractivity contribution in [2.75, 3.05) is 0 Å². The third kappa shape index (κ3) is 47.7. The molecule has 0 rings (SSSR count). The van der Waals surface area contributed by atoms with Crippen LogP contribution in [-0.4, -0.2) is 56.6 Å². The molecule has 2 nitrogen and oxygen atoms in total. The van der Waals surface area contributed by atoms with Crippen LogP contribution in [0.1, 0.15) is 0 Å². The van der Waals surface area contributed by atoms with Crippen molar-refractivity contribution in [3.8, 4) is 0 Å². The van der Waals surface area contributed by atoms with Crippen molar-refractivity contribution in [3.05, 3.63) is 6.92 Å². The van der Waals surface area contributed by atoms with Gasteiger partial charge in [-0.3, -0.25) is 4.79 Å². The van der Waals surface area contributed by atoms with Crippen molar-refractivity contribution >= 4 is 51.5 Å². The SMILES string of the molecule is [CH2]C(=O)O.[SrH2]. The van der Waals surface area contributed by atoms with E-state index in [9.17, 15) is 0 Å². The molecule has 0 aliphatic rings. The number of aliphatic carboxylic acids is 1. The molecule has 0 aromatic rings. The molecule has 0 aliphatic carbocycles. The van der Waals surface area contributed by atoms with Gasteiger partial charge in [-0.2, -0.15) is 0 Å². The molecule has 0 atom stereocenters. The van der Waals surface area contributed by atoms with Crippen molar-refractivity contribution in [1.82, 2.24) is 0 Å². The molecular formula is C2H5O2Sr. The molecular weight excluding hydrogens is 144 g/mol. The number of rotatable bonds is 0. The second-order valence-corrected chi connectivity index (χ2v) is 0.394. The Bertz CT molecular complexity index is 30.6. The van der Waals surface area contributed by atoms with Crippen molar-refractivity contribution in [1.29, 1.82) is 0 Å². The summed E-state index contributed by atoms with van der Waals surface area (Å²) in [5, 5.41) is 7.31. The van der Waals surface area contributed by atoms with Gasteiger partial charge in [0.15, 0.2) is 0 Å². The molecule has 3 heteroatoms. The Morgan fingerprint density at radius 3 is 1.80 bits per heavy atom. The molecule has 0 bridgehead atoms. The van der Waals surface area contributed by atoms with E-state index in [1.807, 2.05) is 0 Å². The second kappa shape index (κ2) is 4.95. The molecule has 0 saturated carbocycles. The molecule has 0 unspecified atom stereocenters. The van der Waals surface area contributed by atoms with E-state index in [2.05, 4.69) is 6.92 Å². The van der Waals surface area contributed by atoms with Crippen LogP contribution in [0, 0.1) is 6.92 Å². The number of hydrogen-bond acceptors (Lipinski definition) is 1. The summed E-state index contributed by atoms with van der Waals surface area (Å²) in [7, 11) is 0. The summed E-state index contributed by atoms with van der Waals surface area (Å²) >= 11 is 0. The molecule has 1 N–H and O–H groups in total. The van der Waals surface area contributed by atoms with Crippen LogP contribution in [0.2, 0.25) is 0 Å². The topological polar surface area (TPSA) is 37.3 Å². The maximum absolute atomic E-state index is 8.89. The first-order valence-electron chi connectivity index (χ1n) is 0.781. The molecule has 0 saturated heterocycles. The second-order valence-electron chi connectivity index (χ2n) is 0.394. The fraction of sp³-hybridized carbons (Fsp3) is 0. The van der Waals surface area contributed by atoms with Gasteiger partial charge < -0.3 is 5.11 Å². The Hall–Kier alpha value is 0.951. The number of hydrogen-bond donors (Lipinski definition) is 1. The zero-order valence-corrected chi connectivity index (χ0v) is 2.06. The van der Waals surface area contributed by atoms with E-state index in [0.29, 0.717) is 0 Å². The van der Waals surface area contributed by atoms with E-state index >= 15 is 0 Å². The van der Waals surface area contributed by atoms with Crippen LogP contribution in [0.4, 0.5) is 0 Å². The molecule has 0 amide bonds. The van der Waals surface area contributed by atoms with Gasteiger partial charge in [0.1, 0.15) is 0 Å². The first-order chi connectivity index (χ1) is 1.73. The Labute approximate surface area is 67.4 Å². The summed E-state index contributed by atoms with van der Waals surface area (Å²) in [6, 6.07) is 0. The quantitative estimate of drug-likeness (QED) is 0.447. The summed E-state index contributed by atoms with van der Waals surface area (Å²) in [4.78, 5) is 8.89. The standard InChI is InChI=1S/C2H3O2.Sr.2H/c1-2(3)4;;;/h1H2,(H,3,4);;;. The van der Waals surface area contributed by atoms with Crippen LogP contribution in [0.3, 0.4) is 0 Å². The molecule has 27 valence electrons. The number of carboxylic acids is 1. The molecule has 0 aliphatic heterocycles. The Morgan fingerprint density at radius 1 is 1.80 bits per heavy atom. The summed E-state index contributed by atoms with van der Waals surface area (Å²) < 4.78 is 0. The Morgan fingerprint density at radius 2 is 1.80 bits per heavy atom. The normalized spacial score (nSPS) is 5.00. The van der Waals surface area contributed by atoms with E-state index in [1.165, 1.54) is 0 Å². The fourth-order valence-corrected chi connectivity index (χ4v) is 0. The van der Waals surface area contributed by atoms with Crippen molar-refractivity contribution < 1.29 is 9.90 Å². The summed E-state index contributed by atoms with van der Waals surface area (Å²) in [6.45, 7) is 2.56. The average molecular weight is 149 g/mol. The van der Waals surface area contributed by atoms with Crippen LogP contribution in [0.25, 0.3) is 0 Å². The van der Waals surface area contributed by atoms with Crippen LogP contribution in [-0.2, 0) is 4.79 Å². The molecule has 5 heavy (non-hydrogen) atoms. The van der Waals surface area contributed by atoms with Gasteiger partial charge in [-0.1, -0.05) is 0 Å². The summed E-state index contributed by atoms with van der Waals surface area (Å²) in [5.74, 6) is -1.08. The summed E-state index contributed by atoms with van der Waals surface area (Å²) in [5.41, 5.74) is 0. The van der Waals surface area contributed by atoms with Gasteiger partial charge >= 0.3 is 51.5 Å². The predicted octanol–water partition coefficient (Wildman–Crippen LogP) is -1.01. The maximum atomic E-state index is 8.89. The van der Waals surface area contributed by atoms with E-state index in [-0.39, 0.29) is 45.5 Å². The van der Waals surface area contributed by atoms with Crippen LogP contribution in [0.15, 0.2) is 0 Å². The van der Waals surface area contributed by atoms with Gasteiger partial charge in [0.2, 0.25) is 0 Å². The van der Waals surface area contributed by atoms with E-state index in [4.69, 9.17) is 9.90 Å². The van der Waals surface area contributed by atoms with Gasteiger partial charge in [-0.15, -0.1) is 0 Å². The van der Waals surface area contributed by atoms with Crippen molar-refractivity contribution in [2.45, 2.75) is 0 Å². The van der Waals surface area contributed by atoms with Gasteiger partial charge in [0.25, 0.3) is 0 Å². The van der Waals surface area contributed by atoms with E-state index < -0.39 is 5.97 Å². The van der Waals surface area contributed by atoms with Gasteiger partial charge in [-0.25, -0.2) is 0 Å². The number of carboxylic acid groups (broad SMARTS) is 1. The Balaban J connectivity index is 0. The monoisotopic (exact) mass is 149 g/mol. The predicted molar refractivity (Wildman–Crippen MR) is 21.5 cm³/mol. The van der Waals surface area contributed by atoms with Gasteiger partial charge in [0.05, 0.1) is 6.92 Å².